The fourth-order valence-corrected chi connectivity index (χ4v) is 3.49. The van der Waals surface area contributed by atoms with Crippen molar-refractivity contribution in [3.63, 3.8) is 0 Å². The Labute approximate surface area is 95.3 Å². The quantitative estimate of drug-likeness (QED) is 0.350. The summed E-state index contributed by atoms with van der Waals surface area (Å²) in [6.07, 6.45) is 0. The highest BCUT2D eigenvalue weighted by Gasteiger charge is 2.40. The SMILES string of the molecule is COP(=O)(C(=[N+]=[N-])C(C)C)c1ccccc1. The molecular formula is C11H15N2O2P. The number of hydrogen-bond acceptors (Lipinski definition) is 2. The third-order valence-corrected chi connectivity index (χ3v) is 4.97. The van der Waals surface area contributed by atoms with Crippen LogP contribution in [0.3, 0.4) is 0 Å². The molecule has 0 aliphatic carbocycles. The van der Waals surface area contributed by atoms with Gasteiger partial charge in [-0.2, -0.15) is 4.79 Å². The first-order valence-corrected chi connectivity index (χ1v) is 6.62. The van der Waals surface area contributed by atoms with Crippen molar-refractivity contribution in [2.24, 2.45) is 5.92 Å². The van der Waals surface area contributed by atoms with E-state index in [4.69, 9.17) is 10.1 Å². The Hall–Kier alpha value is -1.21. The summed E-state index contributed by atoms with van der Waals surface area (Å²) in [4.78, 5) is 3.14. The van der Waals surface area contributed by atoms with Crippen molar-refractivity contribution >= 4 is 18.1 Å². The lowest BCUT2D eigenvalue weighted by Crippen LogP contribution is -2.19. The van der Waals surface area contributed by atoms with Crippen LogP contribution in [0, 0.1) is 5.92 Å². The third-order valence-electron chi connectivity index (χ3n) is 2.27. The summed E-state index contributed by atoms with van der Waals surface area (Å²) in [6, 6.07) is 8.79. The van der Waals surface area contributed by atoms with E-state index in [-0.39, 0.29) is 11.4 Å². The second-order valence-electron chi connectivity index (χ2n) is 3.68. The molecule has 1 aromatic rings. The van der Waals surface area contributed by atoms with Gasteiger partial charge in [-0.1, -0.05) is 32.0 Å². The molecule has 0 bridgehead atoms. The molecule has 0 aliphatic heterocycles. The molecule has 0 saturated carbocycles. The molecule has 16 heavy (non-hydrogen) atoms. The molecule has 0 saturated heterocycles. The van der Waals surface area contributed by atoms with Crippen molar-refractivity contribution in [1.29, 1.82) is 0 Å². The van der Waals surface area contributed by atoms with Crippen LogP contribution in [0.4, 0.5) is 0 Å². The molecule has 0 fully saturated rings. The predicted octanol–water partition coefficient (Wildman–Crippen LogP) is 2.52. The van der Waals surface area contributed by atoms with Gasteiger partial charge in [0.25, 0.3) is 0 Å². The van der Waals surface area contributed by atoms with E-state index in [1.54, 1.807) is 24.3 Å². The van der Waals surface area contributed by atoms with Gasteiger partial charge in [0.2, 0.25) is 0 Å². The fraction of sp³-hybridized carbons (Fsp3) is 0.364. The molecule has 1 atom stereocenters. The lowest BCUT2D eigenvalue weighted by Gasteiger charge is -2.13. The van der Waals surface area contributed by atoms with Crippen LogP contribution in [-0.2, 0) is 9.09 Å². The molecule has 0 spiro atoms. The fourth-order valence-electron chi connectivity index (χ4n) is 1.47. The number of benzene rings is 1. The molecule has 0 aromatic heterocycles. The zero-order valence-corrected chi connectivity index (χ0v) is 10.5. The van der Waals surface area contributed by atoms with E-state index >= 15 is 0 Å². The number of hydrogen-bond donors (Lipinski definition) is 0. The monoisotopic (exact) mass is 238 g/mol. The molecule has 1 aromatic carbocycles. The van der Waals surface area contributed by atoms with Crippen molar-refractivity contribution in [2.45, 2.75) is 13.8 Å². The second kappa shape index (κ2) is 5.22. The largest absolute Gasteiger partial charge is 0.361 e. The average Bonchev–Trinajstić information content (AvgIpc) is 2.30. The van der Waals surface area contributed by atoms with Gasteiger partial charge in [-0.25, -0.2) is 0 Å². The minimum absolute atomic E-state index is 0.143. The molecule has 5 heteroatoms. The van der Waals surface area contributed by atoms with Gasteiger partial charge in [0.15, 0.2) is 0 Å². The van der Waals surface area contributed by atoms with E-state index in [0.717, 1.165) is 0 Å². The Balaban J connectivity index is 3.34. The molecule has 1 unspecified atom stereocenters. The predicted molar refractivity (Wildman–Crippen MR) is 64.2 cm³/mol. The molecule has 1 rings (SSSR count). The molecule has 0 N–H and O–H groups in total. The highest BCUT2D eigenvalue weighted by atomic mass is 31.2. The van der Waals surface area contributed by atoms with Crippen LogP contribution in [-0.4, -0.2) is 17.4 Å². The van der Waals surface area contributed by atoms with Crippen LogP contribution in [0.15, 0.2) is 30.3 Å². The van der Waals surface area contributed by atoms with Crippen molar-refractivity contribution < 1.29 is 13.9 Å². The van der Waals surface area contributed by atoms with E-state index in [2.05, 4.69) is 4.79 Å². The third kappa shape index (κ3) is 2.30. The summed E-state index contributed by atoms with van der Waals surface area (Å²) >= 11 is 0. The van der Waals surface area contributed by atoms with Crippen LogP contribution >= 0.6 is 7.37 Å². The highest BCUT2D eigenvalue weighted by Crippen LogP contribution is 2.47. The van der Waals surface area contributed by atoms with Crippen LogP contribution < -0.4 is 5.30 Å². The van der Waals surface area contributed by atoms with E-state index in [1.807, 2.05) is 19.9 Å². The second-order valence-corrected chi connectivity index (χ2v) is 6.13. The molecule has 0 heterocycles. The first-order valence-electron chi connectivity index (χ1n) is 5.00. The topological polar surface area (TPSA) is 62.7 Å². The van der Waals surface area contributed by atoms with Gasteiger partial charge in [0, 0.05) is 12.4 Å². The van der Waals surface area contributed by atoms with Gasteiger partial charge in [-0.3, -0.25) is 4.57 Å². The lowest BCUT2D eigenvalue weighted by atomic mass is 10.2. The summed E-state index contributed by atoms with van der Waals surface area (Å²) < 4.78 is 17.7. The minimum atomic E-state index is -3.22. The highest BCUT2D eigenvalue weighted by molar-refractivity contribution is 7.82. The smallest absolute Gasteiger partial charge is 0.357 e. The molecule has 86 valence electrons. The zero-order valence-electron chi connectivity index (χ0n) is 9.62. The van der Waals surface area contributed by atoms with Crippen LogP contribution in [0.5, 0.6) is 0 Å². The van der Waals surface area contributed by atoms with Gasteiger partial charge in [0.05, 0.1) is 5.92 Å². The maximum absolute atomic E-state index is 12.6. The van der Waals surface area contributed by atoms with Gasteiger partial charge >= 0.3 is 12.8 Å². The van der Waals surface area contributed by atoms with Crippen molar-refractivity contribution in [3.05, 3.63) is 35.9 Å². The molecule has 0 radical (unpaired) electrons. The molecule has 0 amide bonds. The van der Waals surface area contributed by atoms with Gasteiger partial charge in [0.1, 0.15) is 0 Å². The standard InChI is InChI=1S/C11H15N2O2P/c1-9(2)11(13-12)16(14,15-3)10-7-5-4-6-8-10/h4-9H,1-3H3. The number of nitrogens with zero attached hydrogens (tertiary/aromatic N) is 2. The molecule has 0 aliphatic rings. The Morgan fingerprint density at radius 2 is 1.94 bits per heavy atom. The Kier molecular flexibility index (Phi) is 4.19. The van der Waals surface area contributed by atoms with Gasteiger partial charge < -0.3 is 10.1 Å². The summed E-state index contributed by atoms with van der Waals surface area (Å²) in [6.45, 7) is 3.62. The van der Waals surface area contributed by atoms with E-state index in [9.17, 15) is 4.57 Å². The first kappa shape index (κ1) is 12.9. The van der Waals surface area contributed by atoms with Crippen molar-refractivity contribution in [3.8, 4) is 0 Å². The van der Waals surface area contributed by atoms with E-state index in [1.165, 1.54) is 7.11 Å². The zero-order chi connectivity index (χ0) is 12.2. The summed E-state index contributed by atoms with van der Waals surface area (Å²) in [5, 5.41) is 0.541. The molecule has 4 nitrogen and oxygen atoms in total. The minimum Gasteiger partial charge on any atom is -0.361 e. The summed E-state index contributed by atoms with van der Waals surface area (Å²) in [5.74, 6) is -0.143. The maximum atomic E-state index is 12.6. The van der Waals surface area contributed by atoms with E-state index in [0.29, 0.717) is 5.30 Å². The van der Waals surface area contributed by atoms with Crippen molar-refractivity contribution in [1.82, 2.24) is 0 Å². The van der Waals surface area contributed by atoms with Crippen LogP contribution in [0.25, 0.3) is 5.53 Å². The first-order chi connectivity index (χ1) is 7.56. The Bertz CT molecular complexity index is 450. The van der Waals surface area contributed by atoms with Crippen LogP contribution in [0.1, 0.15) is 13.8 Å². The van der Waals surface area contributed by atoms with Gasteiger partial charge in [-0.05, 0) is 12.1 Å². The van der Waals surface area contributed by atoms with Crippen molar-refractivity contribution in [2.75, 3.05) is 7.11 Å². The van der Waals surface area contributed by atoms with Gasteiger partial charge in [-0.15, -0.1) is 0 Å². The maximum Gasteiger partial charge on any atom is 0.357 e. The lowest BCUT2D eigenvalue weighted by molar-refractivity contribution is -0.00745. The normalized spacial score (nSPS) is 14.2. The number of rotatable bonds is 4. The summed E-state index contributed by atoms with van der Waals surface area (Å²) in [7, 11) is -1.86. The van der Waals surface area contributed by atoms with E-state index < -0.39 is 7.37 Å². The summed E-state index contributed by atoms with van der Waals surface area (Å²) in [5.41, 5.74) is 9.14. The average molecular weight is 238 g/mol. The Morgan fingerprint density at radius 1 is 1.38 bits per heavy atom. The Morgan fingerprint density at radius 3 is 2.31 bits per heavy atom. The van der Waals surface area contributed by atoms with Crippen LogP contribution in [0.2, 0.25) is 0 Å². The molecular weight excluding hydrogens is 223 g/mol.